The highest BCUT2D eigenvalue weighted by Crippen LogP contribution is 2.46. The van der Waals surface area contributed by atoms with Crippen LogP contribution in [0.1, 0.15) is 64.8 Å². The van der Waals surface area contributed by atoms with Crippen molar-refractivity contribution < 1.29 is 0 Å². The van der Waals surface area contributed by atoms with Crippen molar-refractivity contribution >= 4 is 66.9 Å². The van der Waals surface area contributed by atoms with Crippen LogP contribution in [0.2, 0.25) is 0 Å². The Bertz CT molecular complexity index is 4680. The summed E-state index contributed by atoms with van der Waals surface area (Å²) in [6, 6.07) is 105. The number of hydrogen-bond acceptors (Lipinski definition) is 8. The summed E-state index contributed by atoms with van der Waals surface area (Å²) in [4.78, 5) is 0. The number of hydrogen-bond donors (Lipinski definition) is 8. The number of fused-ring (bicyclic) bond motifs is 2. The summed E-state index contributed by atoms with van der Waals surface area (Å²) in [5, 5.41) is 4.82. The van der Waals surface area contributed by atoms with Crippen molar-refractivity contribution in [1.82, 2.24) is 0 Å². The number of para-hydroxylation sites is 2. The van der Waals surface area contributed by atoms with Gasteiger partial charge in [0.25, 0.3) is 0 Å². The van der Waals surface area contributed by atoms with E-state index in [2.05, 4.69) is 179 Å². The zero-order chi connectivity index (χ0) is 69.7. The van der Waals surface area contributed by atoms with Crippen molar-refractivity contribution in [3.63, 3.8) is 0 Å². The summed E-state index contributed by atoms with van der Waals surface area (Å²) in [6.07, 6.45) is 13.9. The molecule has 16 N–H and O–H groups in total. The number of rotatable bonds is 13. The Balaban J connectivity index is 0.000000156. The molecule has 1 aliphatic carbocycles. The van der Waals surface area contributed by atoms with Crippen LogP contribution in [0.4, 0.5) is 39.8 Å². The van der Waals surface area contributed by atoms with E-state index in [9.17, 15) is 0 Å². The average molecular weight is 1290 g/mol. The highest BCUT2D eigenvalue weighted by Gasteiger charge is 2.34. The maximum absolute atomic E-state index is 6.53. The molecule has 0 spiro atoms. The Kier molecular flexibility index (Phi) is 23.1. The highest BCUT2D eigenvalue weighted by atomic mass is 14.6. The van der Waals surface area contributed by atoms with Crippen LogP contribution in [0.15, 0.2) is 365 Å². The number of anilines is 7. The average Bonchev–Trinajstić information content (AvgIpc) is 0.754. The van der Waals surface area contributed by atoms with Gasteiger partial charge in [-0.3, -0.25) is 0 Å². The minimum atomic E-state index is -0.588. The first-order valence-corrected chi connectivity index (χ1v) is 33.2. The van der Waals surface area contributed by atoms with E-state index < -0.39 is 5.41 Å². The summed E-state index contributed by atoms with van der Waals surface area (Å²) >= 11 is 0. The quantitative estimate of drug-likeness (QED) is 0.0316. The molecule has 2 atom stereocenters. The summed E-state index contributed by atoms with van der Waals surface area (Å²) in [5.41, 5.74) is 68.8. The molecule has 0 radical (unpaired) electrons. The van der Waals surface area contributed by atoms with E-state index in [1.807, 2.05) is 188 Å². The van der Waals surface area contributed by atoms with Gasteiger partial charge in [0, 0.05) is 78.9 Å². The first-order chi connectivity index (χ1) is 48.0. The normalized spacial score (nSPS) is 12.9. The van der Waals surface area contributed by atoms with Gasteiger partial charge in [-0.15, -0.1) is 0 Å². The minimum Gasteiger partial charge on any atom is -0.399 e. The number of nitrogens with two attached hydrogens (primary N) is 8. The molecule has 0 amide bonds. The van der Waals surface area contributed by atoms with Crippen LogP contribution in [-0.4, -0.2) is 6.04 Å². The van der Waals surface area contributed by atoms with E-state index in [-0.39, 0.29) is 11.5 Å². The van der Waals surface area contributed by atoms with Crippen LogP contribution in [0, 0.1) is 0 Å². The van der Waals surface area contributed by atoms with Gasteiger partial charge in [0.15, 0.2) is 0 Å². The van der Waals surface area contributed by atoms with E-state index in [1.165, 1.54) is 49.4 Å². The van der Waals surface area contributed by atoms with Gasteiger partial charge in [-0.2, -0.15) is 0 Å². The molecule has 0 bridgehead atoms. The molecule has 2 unspecified atom stereocenters. The largest absolute Gasteiger partial charge is 0.399 e. The fourth-order valence-electron chi connectivity index (χ4n) is 12.4. The van der Waals surface area contributed by atoms with Gasteiger partial charge >= 0.3 is 0 Å². The zero-order valence-electron chi connectivity index (χ0n) is 56.4. The van der Waals surface area contributed by atoms with Crippen molar-refractivity contribution in [1.29, 1.82) is 0 Å². The first-order valence-electron chi connectivity index (χ1n) is 33.2. The number of allylic oxidation sites excluding steroid dienone is 6. The van der Waals surface area contributed by atoms with E-state index >= 15 is 0 Å². The van der Waals surface area contributed by atoms with Gasteiger partial charge in [-0.1, -0.05) is 286 Å². The molecule has 0 aromatic heterocycles. The van der Waals surface area contributed by atoms with Crippen molar-refractivity contribution in [3.8, 4) is 22.3 Å². The Labute approximate surface area is 584 Å². The third-order valence-corrected chi connectivity index (χ3v) is 18.2. The molecule has 492 valence electrons. The Hall–Kier alpha value is -12.4. The third-order valence-electron chi connectivity index (χ3n) is 18.2. The number of benzene rings is 13. The first kappa shape index (κ1) is 69.5. The SMILES string of the molecule is C=C/C=C\C(=C)c1ccc(C(C)(c2ccc(N)c(-c3ccccc3N)c2)c2ccc(N)c(-c3ccccc3N)c2)cc1.CC(C1=CCC(N)C=C1)(c1ccccc1)c1ccc(N)cc1.Nc1ccc2cc(Cc3ccc4cc(N)ccc4c3)ccc2c1.c1ccccc1.c1ccccc1. The Morgan fingerprint density at radius 2 is 0.758 bits per heavy atom. The second kappa shape index (κ2) is 32.9. The van der Waals surface area contributed by atoms with E-state index in [1.54, 1.807) is 6.08 Å². The molecular weight excluding hydrogens is 1210 g/mol. The Morgan fingerprint density at radius 1 is 0.384 bits per heavy atom. The van der Waals surface area contributed by atoms with E-state index in [0.717, 1.165) is 80.0 Å². The molecule has 14 rings (SSSR count). The molecule has 0 aliphatic heterocycles. The van der Waals surface area contributed by atoms with Gasteiger partial charge in [0.2, 0.25) is 0 Å². The van der Waals surface area contributed by atoms with Gasteiger partial charge in [-0.25, -0.2) is 0 Å². The van der Waals surface area contributed by atoms with Crippen molar-refractivity contribution in [2.75, 3.05) is 40.1 Å². The summed E-state index contributed by atoms with van der Waals surface area (Å²) in [5.74, 6) is 0. The summed E-state index contributed by atoms with van der Waals surface area (Å²) < 4.78 is 0. The van der Waals surface area contributed by atoms with E-state index in [4.69, 9.17) is 45.9 Å². The van der Waals surface area contributed by atoms with Gasteiger partial charge in [-0.05, 0) is 177 Å². The maximum Gasteiger partial charge on any atom is 0.0423 e. The fraction of sp³-hybridized carbons (Fsp3) is 0.0769. The van der Waals surface area contributed by atoms with Crippen molar-refractivity contribution in [2.24, 2.45) is 5.73 Å². The Morgan fingerprint density at radius 3 is 1.20 bits per heavy atom. The fourth-order valence-corrected chi connectivity index (χ4v) is 12.4. The molecule has 1 aliphatic rings. The standard InChI is InChI=1S/C38H36N4.C21H18N2.C20H22N2.2C6H6/c1-4-5-10-25(2)26-15-17-27(18-16-26)38(3,28-19-21-36(41)32(23-28)30-11-6-8-13-34(30)39)29-20-22-37(42)33(24-29)31-12-7-9-14-35(31)40;22-20-7-5-16-10-14(1-3-18(16)12-20)9-15-2-4-19-13-21(23)8-6-17(19)11-15;1-20(15-5-3-2-4-6-15,16-7-11-18(21)12-8-16)17-9-13-19(22)14-10-17;2*1-2-4-6-5-3-1/h4-24H,1-2,39-42H2,3H3;1-8,10-13H,9,22-23H2;2-13,19H,14,21-22H2,1H3;2*1-6H/b10-5-;;;;. The van der Waals surface area contributed by atoms with Crippen molar-refractivity contribution in [3.05, 3.63) is 409 Å². The lowest BCUT2D eigenvalue weighted by molar-refractivity contribution is 0.671. The third kappa shape index (κ3) is 17.4. The lowest BCUT2D eigenvalue weighted by Crippen LogP contribution is -2.28. The van der Waals surface area contributed by atoms with Crippen LogP contribution in [0.5, 0.6) is 0 Å². The van der Waals surface area contributed by atoms with Gasteiger partial charge in [0.05, 0.1) is 0 Å². The van der Waals surface area contributed by atoms with Crippen LogP contribution in [-0.2, 0) is 17.3 Å². The predicted molar refractivity (Wildman–Crippen MR) is 428 cm³/mol. The summed E-state index contributed by atoms with van der Waals surface area (Å²) in [7, 11) is 0. The molecule has 0 saturated carbocycles. The van der Waals surface area contributed by atoms with Crippen LogP contribution in [0.25, 0.3) is 49.4 Å². The van der Waals surface area contributed by atoms with Crippen LogP contribution >= 0.6 is 0 Å². The van der Waals surface area contributed by atoms with E-state index in [0.29, 0.717) is 22.7 Å². The molecule has 8 nitrogen and oxygen atoms in total. The molecule has 13 aromatic rings. The molecule has 0 saturated heterocycles. The molecule has 0 heterocycles. The van der Waals surface area contributed by atoms with Gasteiger partial charge < -0.3 is 45.9 Å². The lowest BCUT2D eigenvalue weighted by atomic mass is 9.69. The monoisotopic (exact) mass is 1290 g/mol. The smallest absolute Gasteiger partial charge is 0.0423 e. The predicted octanol–water partition coefficient (Wildman–Crippen LogP) is 20.4. The zero-order valence-corrected chi connectivity index (χ0v) is 56.4. The maximum atomic E-state index is 6.53. The highest BCUT2D eigenvalue weighted by molar-refractivity contribution is 5.89. The van der Waals surface area contributed by atoms with Crippen molar-refractivity contribution in [2.45, 2.75) is 43.6 Å². The lowest BCUT2D eigenvalue weighted by Gasteiger charge is -2.34. The topological polar surface area (TPSA) is 208 Å². The van der Waals surface area contributed by atoms with Crippen LogP contribution in [0.3, 0.4) is 0 Å². The molecule has 0 fully saturated rings. The minimum absolute atomic E-state index is 0.121. The van der Waals surface area contributed by atoms with Gasteiger partial charge in [0.1, 0.15) is 0 Å². The number of nitrogen functional groups attached to an aromatic ring is 7. The second-order valence-electron chi connectivity index (χ2n) is 25.0. The van der Waals surface area contributed by atoms with Crippen LogP contribution < -0.4 is 45.9 Å². The second-order valence-corrected chi connectivity index (χ2v) is 25.0. The molecule has 99 heavy (non-hydrogen) atoms. The molecule has 13 aromatic carbocycles. The summed E-state index contributed by atoms with van der Waals surface area (Å²) in [6.45, 7) is 12.5. The molecule has 8 heteroatoms. The molecular formula is C91H88N8.